The second kappa shape index (κ2) is 9.38. The maximum absolute atomic E-state index is 15.4. The average molecular weight is 594 g/mol. The fourth-order valence-electron chi connectivity index (χ4n) is 5.06. The molecule has 0 saturated heterocycles. The molecule has 0 spiro atoms. The largest absolute Gasteiger partial charge is 0.380 e. The first-order valence-electron chi connectivity index (χ1n) is 12.6. The third-order valence-corrected chi connectivity index (χ3v) is 7.32. The van der Waals surface area contributed by atoms with Crippen molar-refractivity contribution < 1.29 is 45.5 Å². The Hall–Kier alpha value is -5.26. The van der Waals surface area contributed by atoms with Crippen LogP contribution in [-0.2, 0) is 11.8 Å². The molecule has 0 bridgehead atoms. The number of carbonyl (C=O) groups excluding carboxylic acids is 4. The van der Waals surface area contributed by atoms with Gasteiger partial charge in [-0.25, -0.2) is 9.80 Å². The van der Waals surface area contributed by atoms with Crippen molar-refractivity contribution in [1.82, 2.24) is 0 Å². The summed E-state index contributed by atoms with van der Waals surface area (Å²) in [6.07, 6.45) is 0. The quantitative estimate of drug-likeness (QED) is 0.182. The highest BCUT2D eigenvalue weighted by Crippen LogP contribution is 2.56. The molecule has 0 aromatic heterocycles. The smallest absolute Gasteiger partial charge is 0.268 e. The van der Waals surface area contributed by atoms with Gasteiger partial charge in [-0.3, -0.25) is 19.2 Å². The first kappa shape index (κ1) is 27.9. The zero-order valence-corrected chi connectivity index (χ0v) is 21.5. The molecule has 0 N–H and O–H groups in total. The lowest BCUT2D eigenvalue weighted by Crippen LogP contribution is -2.50. The van der Waals surface area contributed by atoms with Gasteiger partial charge in [-0.15, -0.1) is 0 Å². The number of benzene rings is 4. The van der Waals surface area contributed by atoms with Crippen LogP contribution in [0.2, 0.25) is 0 Å². The molecule has 2 aliphatic heterocycles. The molecule has 0 atom stereocenters. The molecular weight excluding hydrogens is 578 g/mol. The van der Waals surface area contributed by atoms with Crippen molar-refractivity contribution >= 4 is 35.0 Å². The second-order valence-corrected chi connectivity index (χ2v) is 9.81. The monoisotopic (exact) mass is 594 g/mol. The summed E-state index contributed by atoms with van der Waals surface area (Å²) >= 11 is 0. The van der Waals surface area contributed by atoms with Gasteiger partial charge in [-0.2, -0.15) is 26.3 Å². The minimum Gasteiger partial charge on any atom is -0.268 e. The first-order valence-corrected chi connectivity index (χ1v) is 12.6. The van der Waals surface area contributed by atoms with Crippen molar-refractivity contribution in [3.05, 3.63) is 130 Å². The lowest BCUT2D eigenvalue weighted by molar-refractivity contribution is -0.321. The Morgan fingerprint density at radius 2 is 0.744 bits per heavy atom. The molecule has 0 radical (unpaired) electrons. The summed E-state index contributed by atoms with van der Waals surface area (Å²) in [7, 11) is 0. The first-order chi connectivity index (χ1) is 20.3. The van der Waals surface area contributed by atoms with Crippen LogP contribution in [0.25, 0.3) is 0 Å². The van der Waals surface area contributed by atoms with Crippen molar-refractivity contribution in [1.29, 1.82) is 0 Å². The molecule has 4 amide bonds. The Balaban J connectivity index is 1.35. The molecule has 43 heavy (non-hydrogen) atoms. The zero-order valence-electron chi connectivity index (χ0n) is 21.5. The van der Waals surface area contributed by atoms with E-state index in [4.69, 9.17) is 0 Å². The summed E-state index contributed by atoms with van der Waals surface area (Å²) in [4.78, 5) is 52.6. The summed E-state index contributed by atoms with van der Waals surface area (Å²) in [5, 5.41) is 0. The Kier molecular flexibility index (Phi) is 6.08. The molecular formula is C31H16F6N2O4. The van der Waals surface area contributed by atoms with Gasteiger partial charge in [0, 0.05) is 11.1 Å². The number of fused-ring (bicyclic) bond motifs is 2. The lowest BCUT2D eigenvalue weighted by Gasteiger charge is -2.33. The van der Waals surface area contributed by atoms with Crippen LogP contribution >= 0.6 is 0 Å². The molecule has 2 heterocycles. The predicted octanol–water partition coefficient (Wildman–Crippen LogP) is 6.81. The van der Waals surface area contributed by atoms with E-state index < -0.39 is 63.7 Å². The number of nitrogens with zero attached hydrogens (tertiary/aromatic N) is 2. The van der Waals surface area contributed by atoms with Crippen LogP contribution in [0.5, 0.6) is 0 Å². The molecule has 12 heteroatoms. The number of halogens is 6. The van der Waals surface area contributed by atoms with E-state index in [2.05, 4.69) is 0 Å². The van der Waals surface area contributed by atoms with Crippen LogP contribution in [0.3, 0.4) is 0 Å². The van der Waals surface area contributed by atoms with E-state index in [1.165, 1.54) is 48.5 Å². The molecule has 0 aliphatic carbocycles. The number of rotatable bonds is 6. The highest BCUT2D eigenvalue weighted by molar-refractivity contribution is 6.35. The average Bonchev–Trinajstić information content (AvgIpc) is 3.41. The fourth-order valence-corrected chi connectivity index (χ4v) is 5.06. The van der Waals surface area contributed by atoms with Crippen LogP contribution in [0.15, 0.2) is 97.1 Å². The molecule has 2 aliphatic rings. The van der Waals surface area contributed by atoms with Gasteiger partial charge in [0.2, 0.25) is 0 Å². The number of imide groups is 2. The standard InChI is InChI=1S/C31H16F6N2O4/c32-29(33,17-11-13-21-23(15-17)27(42)38(25(21)40)19-7-3-1-4-8-19)31(36,37)30(34,35)18-12-14-22-24(16-18)28(43)39(26(22)41)20-9-5-2-6-10-20/h1-16H. The minimum atomic E-state index is -6.10. The van der Waals surface area contributed by atoms with Gasteiger partial charge in [0.25, 0.3) is 23.6 Å². The topological polar surface area (TPSA) is 74.8 Å². The van der Waals surface area contributed by atoms with Crippen LogP contribution in [0, 0.1) is 0 Å². The van der Waals surface area contributed by atoms with Gasteiger partial charge in [0.1, 0.15) is 0 Å². The number of amides is 4. The zero-order chi connectivity index (χ0) is 30.9. The molecule has 0 unspecified atom stereocenters. The van der Waals surface area contributed by atoms with Gasteiger partial charge in [-0.05, 0) is 48.5 Å². The molecule has 0 saturated carbocycles. The fraction of sp³-hybridized carbons (Fsp3) is 0.0968. The lowest BCUT2D eigenvalue weighted by atomic mass is 9.90. The molecule has 216 valence electrons. The highest BCUT2D eigenvalue weighted by Gasteiger charge is 2.73. The van der Waals surface area contributed by atoms with Crippen LogP contribution < -0.4 is 9.80 Å². The summed E-state index contributed by atoms with van der Waals surface area (Å²) in [6, 6.07) is 17.5. The van der Waals surface area contributed by atoms with Gasteiger partial charge in [0.15, 0.2) is 0 Å². The van der Waals surface area contributed by atoms with E-state index in [1.54, 1.807) is 12.1 Å². The molecule has 4 aromatic carbocycles. The number of para-hydroxylation sites is 2. The minimum absolute atomic E-state index is 0.0920. The van der Waals surface area contributed by atoms with Gasteiger partial charge in [-0.1, -0.05) is 48.5 Å². The molecule has 0 fully saturated rings. The van der Waals surface area contributed by atoms with Crippen LogP contribution in [0.1, 0.15) is 52.6 Å². The maximum Gasteiger partial charge on any atom is 0.380 e. The number of hydrogen-bond donors (Lipinski definition) is 0. The Labute approximate surface area is 238 Å². The Morgan fingerprint density at radius 3 is 1.09 bits per heavy atom. The third kappa shape index (κ3) is 3.89. The second-order valence-electron chi connectivity index (χ2n) is 9.81. The van der Waals surface area contributed by atoms with E-state index in [-0.39, 0.29) is 22.5 Å². The highest BCUT2D eigenvalue weighted by atomic mass is 19.3. The maximum atomic E-state index is 15.4. The summed E-state index contributed by atoms with van der Waals surface area (Å²) in [6.45, 7) is 0. The summed E-state index contributed by atoms with van der Waals surface area (Å²) in [5.74, 6) is -21.2. The van der Waals surface area contributed by atoms with Crippen molar-refractivity contribution in [2.75, 3.05) is 9.80 Å². The number of alkyl halides is 6. The SMILES string of the molecule is O=C1c2ccc(C(F)(F)C(F)(F)C(F)(F)c3ccc4c(c3)C(=O)N(c3ccccc3)C4=O)cc2C(=O)N1c1ccccc1. The van der Waals surface area contributed by atoms with E-state index >= 15 is 26.3 Å². The van der Waals surface area contributed by atoms with Crippen LogP contribution in [-0.4, -0.2) is 29.6 Å². The van der Waals surface area contributed by atoms with Crippen molar-refractivity contribution in [3.8, 4) is 0 Å². The molecule has 6 nitrogen and oxygen atoms in total. The van der Waals surface area contributed by atoms with Gasteiger partial charge in [0.05, 0.1) is 33.6 Å². The predicted molar refractivity (Wildman–Crippen MR) is 141 cm³/mol. The Morgan fingerprint density at radius 1 is 0.419 bits per heavy atom. The normalized spacial score (nSPS) is 15.3. The van der Waals surface area contributed by atoms with Gasteiger partial charge >= 0.3 is 17.8 Å². The van der Waals surface area contributed by atoms with Crippen molar-refractivity contribution in [3.63, 3.8) is 0 Å². The summed E-state index contributed by atoms with van der Waals surface area (Å²) < 4.78 is 91.9. The third-order valence-electron chi connectivity index (χ3n) is 7.32. The van der Waals surface area contributed by atoms with Crippen LogP contribution in [0.4, 0.5) is 37.7 Å². The van der Waals surface area contributed by atoms with E-state index in [0.717, 1.165) is 0 Å². The molecule has 6 rings (SSSR count). The number of anilines is 2. The van der Waals surface area contributed by atoms with Crippen molar-refractivity contribution in [2.45, 2.75) is 17.8 Å². The molecule has 4 aromatic rings. The van der Waals surface area contributed by atoms with E-state index in [1.807, 2.05) is 0 Å². The number of hydrogen-bond acceptors (Lipinski definition) is 4. The summed E-state index contributed by atoms with van der Waals surface area (Å²) in [5.41, 5.74) is -5.13. The van der Waals surface area contributed by atoms with Crippen molar-refractivity contribution in [2.24, 2.45) is 0 Å². The van der Waals surface area contributed by atoms with E-state index in [9.17, 15) is 19.2 Å². The Bertz CT molecular complexity index is 1710. The van der Waals surface area contributed by atoms with E-state index in [0.29, 0.717) is 46.2 Å². The van der Waals surface area contributed by atoms with Gasteiger partial charge < -0.3 is 0 Å². The number of carbonyl (C=O) groups is 4.